The number of hydrogen-bond acceptors (Lipinski definition) is 6. The largest absolute Gasteiger partial charge is 0.471 e. The van der Waals surface area contributed by atoms with Crippen molar-refractivity contribution in [2.75, 3.05) is 19.6 Å². The Morgan fingerprint density at radius 1 is 1.21 bits per heavy atom. The van der Waals surface area contributed by atoms with E-state index in [4.69, 9.17) is 5.26 Å². The molecule has 3 unspecified atom stereocenters. The number of halogens is 3. The third-order valence-electron chi connectivity index (χ3n) is 6.47. The standard InChI is InChI=1S/C11H15F3N2O2.C10H9N5O.C4H10/c1-10(2)6-4-16(5-7(6)10)8(17)3-15-9(18)11(12,13)14;1-15-10-7(4-14-15)3-12-5-8(10)9(2-11)13-6-16;1-4(2)3/h6-7H,3-5H2,1-2H3,(H,15,18);3-6,9H,1H3,(H,13,16);4H,1-3H3. The van der Waals surface area contributed by atoms with Crippen molar-refractivity contribution in [3.8, 4) is 6.07 Å². The number of aryl methyl sites for hydroxylation is 1. The quantitative estimate of drug-likeness (QED) is 0.564. The highest BCUT2D eigenvalue weighted by molar-refractivity contribution is 5.87. The van der Waals surface area contributed by atoms with E-state index in [0.29, 0.717) is 36.9 Å². The number of alkyl halides is 3. The topological polar surface area (TPSA) is 133 Å². The number of nitriles is 1. The first-order valence-corrected chi connectivity index (χ1v) is 12.1. The second-order valence-electron chi connectivity index (χ2n) is 10.5. The minimum Gasteiger partial charge on any atom is -0.341 e. The van der Waals surface area contributed by atoms with Crippen molar-refractivity contribution in [1.29, 1.82) is 5.26 Å². The fraction of sp³-hybridized carbons (Fsp3) is 0.600. The average molecular weight is 538 g/mol. The maximum atomic E-state index is 11.9. The molecular weight excluding hydrogens is 503 g/mol. The number of likely N-dealkylation sites (tertiary alicyclic amines) is 1. The van der Waals surface area contributed by atoms with Gasteiger partial charge in [0, 0.05) is 43.5 Å². The van der Waals surface area contributed by atoms with Crippen LogP contribution in [0.5, 0.6) is 0 Å². The monoisotopic (exact) mass is 537 g/mol. The van der Waals surface area contributed by atoms with Crippen LogP contribution in [-0.4, -0.2) is 63.7 Å². The Balaban J connectivity index is 0.000000235. The molecule has 2 aromatic heterocycles. The third kappa shape index (κ3) is 7.43. The zero-order valence-electron chi connectivity index (χ0n) is 22.3. The number of piperidine rings is 1. The van der Waals surface area contributed by atoms with Crippen LogP contribution in [0.2, 0.25) is 0 Å². The van der Waals surface area contributed by atoms with E-state index < -0.39 is 30.6 Å². The first kappa shape index (κ1) is 30.5. The van der Waals surface area contributed by atoms with Crippen molar-refractivity contribution < 1.29 is 27.6 Å². The van der Waals surface area contributed by atoms with Crippen LogP contribution < -0.4 is 10.6 Å². The molecule has 2 aromatic rings. The van der Waals surface area contributed by atoms with Gasteiger partial charge in [-0.3, -0.25) is 24.0 Å². The molecule has 1 aliphatic heterocycles. The Morgan fingerprint density at radius 2 is 1.79 bits per heavy atom. The Morgan fingerprint density at radius 3 is 2.29 bits per heavy atom. The molecule has 0 aromatic carbocycles. The minimum atomic E-state index is -4.94. The highest BCUT2D eigenvalue weighted by Gasteiger charge is 2.62. The van der Waals surface area contributed by atoms with Crippen LogP contribution in [0.3, 0.4) is 0 Å². The van der Waals surface area contributed by atoms with Crippen LogP contribution in [0.4, 0.5) is 13.2 Å². The van der Waals surface area contributed by atoms with Gasteiger partial charge in [0.2, 0.25) is 12.3 Å². The lowest BCUT2D eigenvalue weighted by Crippen LogP contribution is -2.44. The van der Waals surface area contributed by atoms with Gasteiger partial charge in [-0.25, -0.2) is 0 Å². The van der Waals surface area contributed by atoms with Crippen LogP contribution in [0.25, 0.3) is 10.9 Å². The van der Waals surface area contributed by atoms with E-state index in [1.165, 1.54) is 4.90 Å². The molecule has 208 valence electrons. The summed E-state index contributed by atoms with van der Waals surface area (Å²) < 4.78 is 37.4. The number of nitrogens with one attached hydrogen (secondary N) is 2. The van der Waals surface area contributed by atoms with E-state index in [1.54, 1.807) is 35.6 Å². The Bertz CT molecular complexity index is 1170. The maximum absolute atomic E-state index is 11.9. The van der Waals surface area contributed by atoms with Crippen LogP contribution in [0.15, 0.2) is 18.6 Å². The molecule has 3 atom stereocenters. The van der Waals surface area contributed by atoms with Crippen molar-refractivity contribution in [1.82, 2.24) is 30.3 Å². The summed E-state index contributed by atoms with van der Waals surface area (Å²) in [5.74, 6) is -0.796. The number of hydrogen-bond donors (Lipinski definition) is 2. The number of carbonyl (C=O) groups is 3. The normalized spacial score (nSPS) is 19.7. The van der Waals surface area contributed by atoms with Gasteiger partial charge < -0.3 is 15.5 Å². The molecule has 2 fully saturated rings. The lowest BCUT2D eigenvalue weighted by atomic mass is 10.1. The molecule has 1 saturated heterocycles. The molecule has 3 heterocycles. The predicted octanol–water partition coefficient (Wildman–Crippen LogP) is 2.72. The SMILES string of the molecule is CC(C)C.CC1(C)C2CN(C(=O)CNC(=O)C(F)(F)F)CC21.Cn1ncc2cncc(C(C#N)NC=O)c21. The summed E-state index contributed by atoms with van der Waals surface area (Å²) in [5, 5.41) is 17.9. The molecule has 2 N–H and O–H groups in total. The Kier molecular flexibility index (Phi) is 9.83. The summed E-state index contributed by atoms with van der Waals surface area (Å²) in [6.45, 7) is 11.3. The van der Waals surface area contributed by atoms with Gasteiger partial charge in [-0.2, -0.15) is 23.5 Å². The average Bonchev–Trinajstić information content (AvgIpc) is 3.22. The van der Waals surface area contributed by atoms with E-state index in [0.717, 1.165) is 16.8 Å². The third-order valence-corrected chi connectivity index (χ3v) is 6.47. The predicted molar refractivity (Wildman–Crippen MR) is 133 cm³/mol. The number of carbonyl (C=O) groups excluding carboxylic acids is 3. The molecule has 3 amide bonds. The fourth-order valence-electron chi connectivity index (χ4n) is 4.34. The van der Waals surface area contributed by atoms with Gasteiger partial charge in [0.05, 0.1) is 24.3 Å². The number of fused-ring (bicyclic) bond motifs is 2. The summed E-state index contributed by atoms with van der Waals surface area (Å²) in [6, 6.07) is 1.30. The molecule has 0 radical (unpaired) electrons. The summed E-state index contributed by atoms with van der Waals surface area (Å²) in [5.41, 5.74) is 1.69. The smallest absolute Gasteiger partial charge is 0.341 e. The molecule has 0 bridgehead atoms. The second-order valence-corrected chi connectivity index (χ2v) is 10.5. The molecule has 13 heteroatoms. The minimum absolute atomic E-state index is 0.242. The summed E-state index contributed by atoms with van der Waals surface area (Å²) >= 11 is 0. The van der Waals surface area contributed by atoms with E-state index in [9.17, 15) is 27.6 Å². The van der Waals surface area contributed by atoms with E-state index in [2.05, 4.69) is 50.0 Å². The fourth-order valence-corrected chi connectivity index (χ4v) is 4.34. The molecular formula is C25H34F3N7O3. The molecule has 4 rings (SSSR count). The summed E-state index contributed by atoms with van der Waals surface area (Å²) in [4.78, 5) is 38.1. The van der Waals surface area contributed by atoms with Crippen molar-refractivity contribution in [2.45, 2.75) is 46.8 Å². The number of aromatic nitrogens is 3. The maximum Gasteiger partial charge on any atom is 0.471 e. The Hall–Kier alpha value is -3.69. The lowest BCUT2D eigenvalue weighted by Gasteiger charge is -2.22. The van der Waals surface area contributed by atoms with Crippen LogP contribution >= 0.6 is 0 Å². The highest BCUT2D eigenvalue weighted by Crippen LogP contribution is 2.61. The first-order valence-electron chi connectivity index (χ1n) is 12.1. The van der Waals surface area contributed by atoms with Crippen molar-refractivity contribution >= 4 is 29.1 Å². The molecule has 38 heavy (non-hydrogen) atoms. The van der Waals surface area contributed by atoms with Gasteiger partial charge in [-0.1, -0.05) is 34.6 Å². The lowest BCUT2D eigenvalue weighted by molar-refractivity contribution is -0.174. The molecule has 1 aliphatic carbocycles. The highest BCUT2D eigenvalue weighted by atomic mass is 19.4. The number of amides is 3. The van der Waals surface area contributed by atoms with Gasteiger partial charge in [0.1, 0.15) is 6.04 Å². The van der Waals surface area contributed by atoms with E-state index in [-0.39, 0.29) is 5.41 Å². The number of nitrogens with zero attached hydrogens (tertiary/aromatic N) is 5. The van der Waals surface area contributed by atoms with Crippen molar-refractivity contribution in [3.05, 3.63) is 24.2 Å². The number of pyridine rings is 1. The van der Waals surface area contributed by atoms with Crippen molar-refractivity contribution in [2.24, 2.45) is 30.2 Å². The molecule has 10 nitrogen and oxygen atoms in total. The summed E-state index contributed by atoms with van der Waals surface area (Å²) in [7, 11) is 1.78. The van der Waals surface area contributed by atoms with Crippen LogP contribution in [0.1, 0.15) is 46.2 Å². The number of rotatable bonds is 5. The zero-order valence-corrected chi connectivity index (χ0v) is 22.3. The summed E-state index contributed by atoms with van der Waals surface area (Å²) in [6.07, 6.45) is 0.468. The van der Waals surface area contributed by atoms with Crippen LogP contribution in [0, 0.1) is 34.5 Å². The van der Waals surface area contributed by atoms with Gasteiger partial charge in [0.15, 0.2) is 0 Å². The zero-order chi connectivity index (χ0) is 28.8. The Labute approximate surface area is 219 Å². The van der Waals surface area contributed by atoms with Gasteiger partial charge in [-0.05, 0) is 23.2 Å². The second kappa shape index (κ2) is 12.2. The van der Waals surface area contributed by atoms with Gasteiger partial charge in [-0.15, -0.1) is 0 Å². The first-order chi connectivity index (χ1) is 17.6. The van der Waals surface area contributed by atoms with Crippen molar-refractivity contribution in [3.63, 3.8) is 0 Å². The van der Waals surface area contributed by atoms with E-state index >= 15 is 0 Å². The molecule has 1 saturated carbocycles. The van der Waals surface area contributed by atoms with Gasteiger partial charge >= 0.3 is 12.1 Å². The van der Waals surface area contributed by atoms with Gasteiger partial charge in [0.25, 0.3) is 0 Å². The molecule has 0 spiro atoms. The van der Waals surface area contributed by atoms with E-state index in [1.807, 2.05) is 6.07 Å². The van der Waals surface area contributed by atoms with Crippen LogP contribution in [-0.2, 0) is 21.4 Å². The molecule has 2 aliphatic rings.